The molecule has 1 aliphatic rings. The largest absolute Gasteiger partial charge is 0.493 e. The van der Waals surface area contributed by atoms with Crippen molar-refractivity contribution >= 4 is 43.3 Å². The number of benzene rings is 1. The van der Waals surface area contributed by atoms with E-state index in [0.717, 1.165) is 10.1 Å². The predicted molar refractivity (Wildman–Crippen MR) is 161 cm³/mol. The Labute approximate surface area is 250 Å². The van der Waals surface area contributed by atoms with Gasteiger partial charge >= 0.3 is 0 Å². The first kappa shape index (κ1) is 31.7. The highest BCUT2D eigenvalue weighted by atomic mass is 32.2. The molecule has 1 fully saturated rings. The SMILES string of the molecule is COc1cc2cc(C(=O)N[C@@H](CC(C)C)C(=O)NC3CCCN(S(=O)(=O)c4cccc(C)n4)CC3O)sc2cc1OC. The molecule has 228 valence electrons. The van der Waals surface area contributed by atoms with Crippen molar-refractivity contribution < 1.29 is 32.6 Å². The molecule has 11 nitrogen and oxygen atoms in total. The molecule has 2 aromatic heterocycles. The number of nitrogens with one attached hydrogen (secondary N) is 2. The van der Waals surface area contributed by atoms with Crippen LogP contribution in [0.25, 0.3) is 10.1 Å². The number of thiophene rings is 1. The zero-order valence-electron chi connectivity index (χ0n) is 24.4. The summed E-state index contributed by atoms with van der Waals surface area (Å²) < 4.78 is 39.2. The maximum atomic E-state index is 13.4. The fourth-order valence-electron chi connectivity index (χ4n) is 4.98. The van der Waals surface area contributed by atoms with E-state index in [1.165, 1.54) is 21.7 Å². The summed E-state index contributed by atoms with van der Waals surface area (Å²) in [6.07, 6.45) is 0.0526. The van der Waals surface area contributed by atoms with Gasteiger partial charge in [-0.1, -0.05) is 19.9 Å². The minimum Gasteiger partial charge on any atom is -0.493 e. The molecule has 1 aromatic carbocycles. The van der Waals surface area contributed by atoms with Crippen molar-refractivity contribution in [2.75, 3.05) is 27.3 Å². The molecule has 0 radical (unpaired) electrons. The maximum Gasteiger partial charge on any atom is 0.262 e. The predicted octanol–water partition coefficient (Wildman–Crippen LogP) is 3.10. The first-order valence-electron chi connectivity index (χ1n) is 13.8. The first-order valence-corrected chi connectivity index (χ1v) is 16.1. The average Bonchev–Trinajstić information content (AvgIpc) is 3.28. The highest BCUT2D eigenvalue weighted by Gasteiger charge is 2.35. The highest BCUT2D eigenvalue weighted by Crippen LogP contribution is 2.36. The van der Waals surface area contributed by atoms with Crippen LogP contribution in [0.15, 0.2) is 41.4 Å². The molecule has 0 aliphatic carbocycles. The number of hydrogen-bond donors (Lipinski definition) is 3. The summed E-state index contributed by atoms with van der Waals surface area (Å²) in [5.74, 6) is 0.384. The van der Waals surface area contributed by atoms with Gasteiger partial charge in [0.1, 0.15) is 6.04 Å². The van der Waals surface area contributed by atoms with Crippen LogP contribution >= 0.6 is 11.3 Å². The Morgan fingerprint density at radius 3 is 2.55 bits per heavy atom. The number of hydrogen-bond acceptors (Lipinski definition) is 9. The Kier molecular flexibility index (Phi) is 10.1. The zero-order chi connectivity index (χ0) is 30.6. The van der Waals surface area contributed by atoms with Crippen LogP contribution in [-0.4, -0.2) is 80.1 Å². The molecular formula is C29H38N4O7S2. The standard InChI is InChI=1S/C29H38N4O7S2/c1-17(2)12-21(32-29(36)26-14-19-13-23(39-4)24(40-5)15-25(19)41-26)28(35)31-20-9-7-11-33(16-22(20)34)42(37,38)27-10-6-8-18(3)30-27/h6,8,10,13-15,17,20-22,34H,7,9,11-12,16H2,1-5H3,(H,31,35)(H,32,36)/t20?,21-,22?/m0/s1. The van der Waals surface area contributed by atoms with Gasteiger partial charge in [-0.3, -0.25) is 9.59 Å². The monoisotopic (exact) mass is 618 g/mol. The van der Waals surface area contributed by atoms with E-state index in [9.17, 15) is 23.1 Å². The van der Waals surface area contributed by atoms with E-state index in [-0.39, 0.29) is 29.9 Å². The van der Waals surface area contributed by atoms with E-state index in [1.807, 2.05) is 13.8 Å². The Balaban J connectivity index is 1.46. The van der Waals surface area contributed by atoms with Gasteiger partial charge in [0, 0.05) is 29.5 Å². The number of ether oxygens (including phenoxy) is 2. The molecule has 2 unspecified atom stereocenters. The summed E-state index contributed by atoms with van der Waals surface area (Å²) in [4.78, 5) is 31.3. The number of carbonyl (C=O) groups excluding carboxylic acids is 2. The van der Waals surface area contributed by atoms with Crippen LogP contribution in [0.5, 0.6) is 11.5 Å². The third-order valence-corrected chi connectivity index (χ3v) is 10.0. The summed E-state index contributed by atoms with van der Waals surface area (Å²) in [5.41, 5.74) is 0.574. The van der Waals surface area contributed by atoms with E-state index in [2.05, 4.69) is 15.6 Å². The number of sulfonamides is 1. The molecule has 13 heteroatoms. The van der Waals surface area contributed by atoms with Gasteiger partial charge in [0.25, 0.3) is 15.9 Å². The number of aliphatic hydroxyl groups is 1. The van der Waals surface area contributed by atoms with E-state index >= 15 is 0 Å². The second-order valence-corrected chi connectivity index (χ2v) is 13.8. The van der Waals surface area contributed by atoms with Crippen molar-refractivity contribution in [3.63, 3.8) is 0 Å². The van der Waals surface area contributed by atoms with Crippen LogP contribution < -0.4 is 20.1 Å². The molecular weight excluding hydrogens is 580 g/mol. The van der Waals surface area contributed by atoms with Gasteiger partial charge in [0.2, 0.25) is 5.91 Å². The number of amides is 2. The summed E-state index contributed by atoms with van der Waals surface area (Å²) in [6, 6.07) is 8.59. The van der Waals surface area contributed by atoms with Crippen LogP contribution in [0.4, 0.5) is 0 Å². The number of carbonyl (C=O) groups is 2. The summed E-state index contributed by atoms with van der Waals surface area (Å²) in [7, 11) is -0.826. The van der Waals surface area contributed by atoms with Gasteiger partial charge in [0.15, 0.2) is 16.5 Å². The molecule has 0 bridgehead atoms. The third kappa shape index (κ3) is 7.20. The topological polar surface area (TPSA) is 147 Å². The second-order valence-electron chi connectivity index (χ2n) is 10.8. The van der Waals surface area contributed by atoms with Gasteiger partial charge in [-0.25, -0.2) is 13.4 Å². The number of aliphatic hydroxyl groups excluding tert-OH is 1. The fourth-order valence-corrected chi connectivity index (χ4v) is 7.45. The number of aromatic nitrogens is 1. The molecule has 1 saturated heterocycles. The molecule has 0 saturated carbocycles. The molecule has 0 spiro atoms. The lowest BCUT2D eigenvalue weighted by Crippen LogP contribution is -2.54. The molecule has 1 aliphatic heterocycles. The van der Waals surface area contributed by atoms with Gasteiger partial charge in [0.05, 0.1) is 31.2 Å². The van der Waals surface area contributed by atoms with E-state index in [4.69, 9.17) is 9.47 Å². The summed E-state index contributed by atoms with van der Waals surface area (Å²) >= 11 is 1.28. The third-order valence-electron chi connectivity index (χ3n) is 7.15. The molecule has 3 N–H and O–H groups in total. The van der Waals surface area contributed by atoms with E-state index in [0.29, 0.717) is 41.3 Å². The lowest BCUT2D eigenvalue weighted by molar-refractivity contribution is -0.125. The number of aryl methyl sites for hydroxylation is 1. The van der Waals surface area contributed by atoms with E-state index in [1.54, 1.807) is 51.5 Å². The van der Waals surface area contributed by atoms with Gasteiger partial charge in [-0.15, -0.1) is 11.3 Å². The smallest absolute Gasteiger partial charge is 0.262 e. The molecule has 3 atom stereocenters. The van der Waals surface area contributed by atoms with Crippen molar-refractivity contribution in [1.29, 1.82) is 0 Å². The van der Waals surface area contributed by atoms with E-state index < -0.39 is 34.1 Å². The lowest BCUT2D eigenvalue weighted by atomic mass is 10.0. The van der Waals surface area contributed by atoms with Crippen LogP contribution in [0, 0.1) is 12.8 Å². The lowest BCUT2D eigenvalue weighted by Gasteiger charge is -2.27. The molecule has 2 amide bonds. The van der Waals surface area contributed by atoms with Crippen LogP contribution in [-0.2, 0) is 14.8 Å². The number of nitrogens with zero attached hydrogens (tertiary/aromatic N) is 2. The molecule has 3 aromatic rings. The fraction of sp³-hybridized carbons (Fsp3) is 0.483. The number of methoxy groups -OCH3 is 2. The van der Waals surface area contributed by atoms with Gasteiger partial charge in [-0.2, -0.15) is 4.31 Å². The first-order chi connectivity index (χ1) is 19.9. The van der Waals surface area contributed by atoms with Crippen molar-refractivity contribution in [2.24, 2.45) is 5.92 Å². The van der Waals surface area contributed by atoms with Gasteiger partial charge < -0.3 is 25.2 Å². The normalized spacial score (nSPS) is 18.8. The van der Waals surface area contributed by atoms with Crippen LogP contribution in [0.3, 0.4) is 0 Å². The Morgan fingerprint density at radius 2 is 1.88 bits per heavy atom. The summed E-state index contributed by atoms with van der Waals surface area (Å²) in [6.45, 7) is 5.62. The van der Waals surface area contributed by atoms with Crippen molar-refractivity contribution in [1.82, 2.24) is 19.9 Å². The molecule has 3 heterocycles. The highest BCUT2D eigenvalue weighted by molar-refractivity contribution is 7.89. The molecule has 42 heavy (non-hydrogen) atoms. The average molecular weight is 619 g/mol. The van der Waals surface area contributed by atoms with Crippen molar-refractivity contribution in [2.45, 2.75) is 63.2 Å². The van der Waals surface area contributed by atoms with Gasteiger partial charge in [-0.05, 0) is 61.8 Å². The van der Waals surface area contributed by atoms with Crippen LogP contribution in [0.2, 0.25) is 0 Å². The van der Waals surface area contributed by atoms with Crippen molar-refractivity contribution in [3.8, 4) is 11.5 Å². The van der Waals surface area contributed by atoms with Crippen LogP contribution in [0.1, 0.15) is 48.5 Å². The Bertz CT molecular complexity index is 1500. The number of rotatable bonds is 10. The summed E-state index contributed by atoms with van der Waals surface area (Å²) in [5, 5.41) is 17.5. The number of pyridine rings is 1. The minimum absolute atomic E-state index is 0.0741. The number of β-amino-alcohol motifs (C(OH)–C–C–N with tert-alkyl or cyclic N) is 1. The molecule has 4 rings (SSSR count). The zero-order valence-corrected chi connectivity index (χ0v) is 26.0. The minimum atomic E-state index is -3.91. The van der Waals surface area contributed by atoms with Crippen molar-refractivity contribution in [3.05, 3.63) is 47.0 Å². The Morgan fingerprint density at radius 1 is 1.17 bits per heavy atom. The Hall–Kier alpha value is -3.26. The second kappa shape index (κ2) is 13.4. The quantitative estimate of drug-likeness (QED) is 0.314. The maximum absolute atomic E-state index is 13.4. The number of fused-ring (bicyclic) bond motifs is 1.